The van der Waals surface area contributed by atoms with Crippen molar-refractivity contribution >= 4 is 11.8 Å². The van der Waals surface area contributed by atoms with Crippen LogP contribution in [0.2, 0.25) is 0 Å². The first-order valence-electron chi connectivity index (χ1n) is 10.1. The number of benzene rings is 2. The van der Waals surface area contributed by atoms with E-state index in [0.717, 1.165) is 23.5 Å². The van der Waals surface area contributed by atoms with Gasteiger partial charge in [0, 0.05) is 33.2 Å². The Balaban J connectivity index is 1.69. The van der Waals surface area contributed by atoms with Crippen molar-refractivity contribution in [2.45, 2.75) is 32.4 Å². The van der Waals surface area contributed by atoms with E-state index in [2.05, 4.69) is 10.2 Å². The summed E-state index contributed by atoms with van der Waals surface area (Å²) < 4.78 is 5.92. The standard InChI is InChI=1S/C23H29N3O3/c1-3-13-25(2)22(27)16-21-23(28)24-12-14-26(21)17-18-8-7-11-20(15-18)29-19-9-5-4-6-10-19/h4-11,15,21H,3,12-14,16-17H2,1-2H3,(H,24,28)/t21-/m1/s1. The fourth-order valence-corrected chi connectivity index (χ4v) is 3.52. The van der Waals surface area contributed by atoms with Gasteiger partial charge in [0.15, 0.2) is 0 Å². The summed E-state index contributed by atoms with van der Waals surface area (Å²) in [6, 6.07) is 17.1. The summed E-state index contributed by atoms with van der Waals surface area (Å²) in [6.07, 6.45) is 1.10. The highest BCUT2D eigenvalue weighted by molar-refractivity contribution is 5.88. The van der Waals surface area contributed by atoms with Gasteiger partial charge in [-0.05, 0) is 36.2 Å². The fraction of sp³-hybridized carbons (Fsp3) is 0.391. The smallest absolute Gasteiger partial charge is 0.237 e. The molecule has 1 atom stereocenters. The first-order valence-corrected chi connectivity index (χ1v) is 10.1. The first kappa shape index (κ1) is 20.9. The Hall–Kier alpha value is -2.86. The predicted octanol–water partition coefficient (Wildman–Crippen LogP) is 3.04. The highest BCUT2D eigenvalue weighted by Gasteiger charge is 2.32. The number of nitrogens with zero attached hydrogens (tertiary/aromatic N) is 2. The minimum absolute atomic E-state index is 0.0000571. The van der Waals surface area contributed by atoms with Crippen LogP contribution in [0.15, 0.2) is 54.6 Å². The number of piperazine rings is 1. The van der Waals surface area contributed by atoms with Gasteiger partial charge in [0.2, 0.25) is 11.8 Å². The normalized spacial score (nSPS) is 16.9. The average Bonchev–Trinajstić information content (AvgIpc) is 2.72. The maximum atomic E-state index is 12.5. The van der Waals surface area contributed by atoms with Crippen LogP contribution in [0.25, 0.3) is 0 Å². The summed E-state index contributed by atoms with van der Waals surface area (Å²) in [6.45, 7) is 4.63. The van der Waals surface area contributed by atoms with E-state index in [-0.39, 0.29) is 18.2 Å². The van der Waals surface area contributed by atoms with E-state index < -0.39 is 6.04 Å². The van der Waals surface area contributed by atoms with Crippen molar-refractivity contribution in [3.63, 3.8) is 0 Å². The zero-order chi connectivity index (χ0) is 20.6. The Morgan fingerprint density at radius 3 is 2.69 bits per heavy atom. The molecular formula is C23H29N3O3. The molecule has 0 aliphatic carbocycles. The number of hydrogen-bond acceptors (Lipinski definition) is 4. The predicted molar refractivity (Wildman–Crippen MR) is 113 cm³/mol. The number of amides is 2. The third-order valence-corrected chi connectivity index (χ3v) is 5.06. The zero-order valence-corrected chi connectivity index (χ0v) is 17.1. The molecule has 0 saturated carbocycles. The largest absolute Gasteiger partial charge is 0.457 e. The number of para-hydroxylation sites is 1. The van der Waals surface area contributed by atoms with Crippen LogP contribution in [0.3, 0.4) is 0 Å². The van der Waals surface area contributed by atoms with Crippen molar-refractivity contribution in [3.05, 3.63) is 60.2 Å². The number of carbonyl (C=O) groups is 2. The lowest BCUT2D eigenvalue weighted by atomic mass is 10.1. The number of nitrogens with one attached hydrogen (secondary N) is 1. The van der Waals surface area contributed by atoms with Crippen LogP contribution in [0.5, 0.6) is 11.5 Å². The maximum Gasteiger partial charge on any atom is 0.237 e. The van der Waals surface area contributed by atoms with E-state index >= 15 is 0 Å². The molecule has 1 fully saturated rings. The molecular weight excluding hydrogens is 366 g/mol. The van der Waals surface area contributed by atoms with Crippen molar-refractivity contribution in [2.75, 3.05) is 26.7 Å². The summed E-state index contributed by atoms with van der Waals surface area (Å²) in [5.41, 5.74) is 1.05. The zero-order valence-electron chi connectivity index (χ0n) is 17.1. The van der Waals surface area contributed by atoms with Crippen molar-refractivity contribution < 1.29 is 14.3 Å². The van der Waals surface area contributed by atoms with Crippen LogP contribution < -0.4 is 10.1 Å². The molecule has 1 aliphatic rings. The first-order chi connectivity index (χ1) is 14.1. The molecule has 154 valence electrons. The van der Waals surface area contributed by atoms with E-state index in [1.165, 1.54) is 0 Å². The molecule has 3 rings (SSSR count). The van der Waals surface area contributed by atoms with Gasteiger partial charge in [0.25, 0.3) is 0 Å². The molecule has 0 bridgehead atoms. The quantitative estimate of drug-likeness (QED) is 0.746. The summed E-state index contributed by atoms with van der Waals surface area (Å²) in [4.78, 5) is 28.8. The lowest BCUT2D eigenvalue weighted by molar-refractivity contribution is -0.138. The van der Waals surface area contributed by atoms with Crippen molar-refractivity contribution in [3.8, 4) is 11.5 Å². The lowest BCUT2D eigenvalue weighted by Gasteiger charge is -2.35. The van der Waals surface area contributed by atoms with Gasteiger partial charge in [-0.15, -0.1) is 0 Å². The van der Waals surface area contributed by atoms with Crippen molar-refractivity contribution in [1.29, 1.82) is 0 Å². The molecule has 1 heterocycles. The van der Waals surface area contributed by atoms with Crippen molar-refractivity contribution in [2.24, 2.45) is 0 Å². The van der Waals surface area contributed by atoms with Crippen molar-refractivity contribution in [1.82, 2.24) is 15.1 Å². The number of carbonyl (C=O) groups excluding carboxylic acids is 2. The van der Waals surface area contributed by atoms with Crippen LogP contribution >= 0.6 is 0 Å². The SMILES string of the molecule is CCCN(C)C(=O)C[C@@H]1C(=O)NCCN1Cc1cccc(Oc2ccccc2)c1. The Morgan fingerprint density at radius 2 is 1.93 bits per heavy atom. The van der Waals surface area contributed by atoms with Gasteiger partial charge in [-0.25, -0.2) is 0 Å². The van der Waals surface area contributed by atoms with E-state index in [1.54, 1.807) is 11.9 Å². The molecule has 1 saturated heterocycles. The molecule has 0 unspecified atom stereocenters. The second-order valence-corrected chi connectivity index (χ2v) is 7.36. The van der Waals surface area contributed by atoms with Crippen LogP contribution in [0.4, 0.5) is 0 Å². The van der Waals surface area contributed by atoms with E-state index in [9.17, 15) is 9.59 Å². The number of ether oxygens (including phenoxy) is 1. The van der Waals surface area contributed by atoms with Gasteiger partial charge in [0.05, 0.1) is 12.5 Å². The Morgan fingerprint density at radius 1 is 1.17 bits per heavy atom. The highest BCUT2D eigenvalue weighted by Crippen LogP contribution is 2.23. The molecule has 2 aromatic rings. The molecule has 6 nitrogen and oxygen atoms in total. The molecule has 0 aromatic heterocycles. The third-order valence-electron chi connectivity index (χ3n) is 5.06. The fourth-order valence-electron chi connectivity index (χ4n) is 3.52. The van der Waals surface area contributed by atoms with Gasteiger partial charge in [-0.2, -0.15) is 0 Å². The second-order valence-electron chi connectivity index (χ2n) is 7.36. The van der Waals surface area contributed by atoms with Gasteiger partial charge in [0.1, 0.15) is 11.5 Å². The Bertz CT molecular complexity index is 825. The summed E-state index contributed by atoms with van der Waals surface area (Å²) in [7, 11) is 1.79. The molecule has 0 spiro atoms. The van der Waals surface area contributed by atoms with Crippen LogP contribution in [0, 0.1) is 0 Å². The summed E-state index contributed by atoms with van der Waals surface area (Å²) in [5, 5.41) is 2.89. The average molecular weight is 396 g/mol. The Kier molecular flexibility index (Phi) is 7.25. The van der Waals surface area contributed by atoms with E-state index in [0.29, 0.717) is 26.2 Å². The van der Waals surface area contributed by atoms with Crippen LogP contribution in [-0.4, -0.2) is 54.3 Å². The molecule has 6 heteroatoms. The molecule has 0 radical (unpaired) electrons. The van der Waals surface area contributed by atoms with Gasteiger partial charge >= 0.3 is 0 Å². The molecule has 2 aromatic carbocycles. The topological polar surface area (TPSA) is 61.9 Å². The molecule has 2 amide bonds. The highest BCUT2D eigenvalue weighted by atomic mass is 16.5. The van der Waals surface area contributed by atoms with E-state index in [1.807, 2.05) is 61.5 Å². The monoisotopic (exact) mass is 395 g/mol. The minimum Gasteiger partial charge on any atom is -0.457 e. The van der Waals surface area contributed by atoms with Gasteiger partial charge in [-0.1, -0.05) is 37.3 Å². The van der Waals surface area contributed by atoms with E-state index in [4.69, 9.17) is 4.74 Å². The maximum absolute atomic E-state index is 12.5. The van der Waals surface area contributed by atoms with Crippen LogP contribution in [0.1, 0.15) is 25.3 Å². The lowest BCUT2D eigenvalue weighted by Crippen LogP contribution is -2.56. The number of rotatable bonds is 8. The van der Waals surface area contributed by atoms with Gasteiger partial charge in [-0.3, -0.25) is 14.5 Å². The minimum atomic E-state index is -0.450. The molecule has 1 aliphatic heterocycles. The summed E-state index contributed by atoms with van der Waals surface area (Å²) >= 11 is 0. The van der Waals surface area contributed by atoms with Gasteiger partial charge < -0.3 is 15.0 Å². The summed E-state index contributed by atoms with van der Waals surface area (Å²) in [5.74, 6) is 1.46. The second kappa shape index (κ2) is 10.1. The molecule has 1 N–H and O–H groups in total. The Labute approximate surface area is 172 Å². The van der Waals surface area contributed by atoms with Crippen LogP contribution in [-0.2, 0) is 16.1 Å². The third kappa shape index (κ3) is 5.81. The molecule has 29 heavy (non-hydrogen) atoms. The number of hydrogen-bond donors (Lipinski definition) is 1.